The molecule has 0 radical (unpaired) electrons. The fraction of sp³-hybridized carbons (Fsp3) is 0.381. The lowest BCUT2D eigenvalue weighted by atomic mass is 10.0. The number of hydrogen-bond acceptors (Lipinski definition) is 3. The quantitative estimate of drug-likeness (QED) is 0.815. The lowest BCUT2D eigenvalue weighted by Crippen LogP contribution is -2.49. The van der Waals surface area contributed by atoms with Crippen molar-refractivity contribution in [3.05, 3.63) is 59.9 Å². The van der Waals surface area contributed by atoms with Crippen LogP contribution in [0.5, 0.6) is 0 Å². The van der Waals surface area contributed by atoms with E-state index in [1.165, 1.54) is 16.4 Å². The molecule has 1 atom stereocenters. The number of anilines is 1. The van der Waals surface area contributed by atoms with E-state index in [-0.39, 0.29) is 17.3 Å². The maximum absolute atomic E-state index is 13.2. The molecule has 3 rings (SSSR count). The van der Waals surface area contributed by atoms with Crippen molar-refractivity contribution < 1.29 is 17.6 Å². The largest absolute Gasteiger partial charge is 0.325 e. The molecule has 0 aliphatic carbocycles. The van der Waals surface area contributed by atoms with Gasteiger partial charge in [-0.05, 0) is 60.7 Å². The summed E-state index contributed by atoms with van der Waals surface area (Å²) in [5.41, 5.74) is 1.80. The molecule has 0 unspecified atom stereocenters. The molecule has 1 heterocycles. The van der Waals surface area contributed by atoms with E-state index in [0.717, 1.165) is 24.1 Å². The molecule has 0 aromatic heterocycles. The first kappa shape index (κ1) is 20.5. The highest BCUT2D eigenvalue weighted by molar-refractivity contribution is 7.89. The second kappa shape index (κ2) is 8.41. The van der Waals surface area contributed by atoms with Gasteiger partial charge in [-0.3, -0.25) is 4.79 Å². The Bertz CT molecular complexity index is 925. The van der Waals surface area contributed by atoms with E-state index < -0.39 is 21.9 Å². The van der Waals surface area contributed by atoms with Gasteiger partial charge >= 0.3 is 0 Å². The fourth-order valence-corrected chi connectivity index (χ4v) is 5.03. The zero-order valence-electron chi connectivity index (χ0n) is 16.1. The molecule has 1 fully saturated rings. The number of hydrogen-bond donors (Lipinski definition) is 1. The third kappa shape index (κ3) is 4.42. The zero-order chi connectivity index (χ0) is 20.3. The normalized spacial score (nSPS) is 18.2. The molecule has 1 aliphatic heterocycles. The average Bonchev–Trinajstić information content (AvgIpc) is 2.68. The van der Waals surface area contributed by atoms with Crippen LogP contribution in [0, 0.1) is 5.82 Å². The molecule has 0 saturated carbocycles. The van der Waals surface area contributed by atoms with Gasteiger partial charge in [0.05, 0.1) is 4.90 Å². The molecule has 0 spiro atoms. The van der Waals surface area contributed by atoms with E-state index in [2.05, 4.69) is 19.2 Å². The number of nitrogens with zero attached hydrogens (tertiary/aromatic N) is 1. The minimum atomic E-state index is -3.88. The number of carbonyl (C=O) groups is 1. The van der Waals surface area contributed by atoms with Gasteiger partial charge in [0.1, 0.15) is 11.9 Å². The molecule has 150 valence electrons. The van der Waals surface area contributed by atoms with Gasteiger partial charge in [-0.2, -0.15) is 4.31 Å². The highest BCUT2D eigenvalue weighted by atomic mass is 32.2. The summed E-state index contributed by atoms with van der Waals surface area (Å²) in [6.45, 7) is 4.45. The third-order valence-corrected chi connectivity index (χ3v) is 6.94. The smallest absolute Gasteiger partial charge is 0.243 e. The van der Waals surface area contributed by atoms with Crippen LogP contribution in [0.1, 0.15) is 44.6 Å². The van der Waals surface area contributed by atoms with Crippen LogP contribution in [0.15, 0.2) is 53.4 Å². The Kier molecular flexibility index (Phi) is 6.15. The number of rotatable bonds is 5. The summed E-state index contributed by atoms with van der Waals surface area (Å²) in [5, 5.41) is 2.84. The highest BCUT2D eigenvalue weighted by Crippen LogP contribution is 2.27. The van der Waals surface area contributed by atoms with Gasteiger partial charge in [-0.25, -0.2) is 12.8 Å². The summed E-state index contributed by atoms with van der Waals surface area (Å²) >= 11 is 0. The van der Waals surface area contributed by atoms with Crippen LogP contribution >= 0.6 is 0 Å². The van der Waals surface area contributed by atoms with Gasteiger partial charge in [0.15, 0.2) is 0 Å². The lowest BCUT2D eigenvalue weighted by molar-refractivity contribution is -0.120. The van der Waals surface area contributed by atoms with Gasteiger partial charge < -0.3 is 5.32 Å². The molecule has 2 aromatic rings. The summed E-state index contributed by atoms with van der Waals surface area (Å²) < 4.78 is 40.4. The minimum absolute atomic E-state index is 0.00473. The van der Waals surface area contributed by atoms with Crippen molar-refractivity contribution in [2.45, 2.75) is 50.0 Å². The zero-order valence-corrected chi connectivity index (χ0v) is 16.9. The summed E-state index contributed by atoms with van der Waals surface area (Å²) in [6.07, 6.45) is 1.92. The van der Waals surface area contributed by atoms with Crippen LogP contribution in [0.4, 0.5) is 10.1 Å². The van der Waals surface area contributed by atoms with Crippen molar-refractivity contribution in [3.63, 3.8) is 0 Å². The Morgan fingerprint density at radius 3 is 2.32 bits per heavy atom. The number of benzene rings is 2. The van der Waals surface area contributed by atoms with Crippen LogP contribution in [0.3, 0.4) is 0 Å². The lowest BCUT2D eigenvalue weighted by Gasteiger charge is -2.33. The molecule has 7 heteroatoms. The van der Waals surface area contributed by atoms with Crippen molar-refractivity contribution in [2.75, 3.05) is 11.9 Å². The number of nitrogens with one attached hydrogen (secondary N) is 1. The molecule has 28 heavy (non-hydrogen) atoms. The number of sulfonamides is 1. The first-order chi connectivity index (χ1) is 13.3. The number of amides is 1. The van der Waals surface area contributed by atoms with Gasteiger partial charge in [0, 0.05) is 12.2 Å². The molecule has 1 aliphatic rings. The molecule has 1 saturated heterocycles. The number of piperidine rings is 1. The summed E-state index contributed by atoms with van der Waals surface area (Å²) in [5.74, 6) is -0.459. The summed E-state index contributed by atoms with van der Waals surface area (Å²) in [6, 6.07) is 11.5. The van der Waals surface area contributed by atoms with Crippen LogP contribution < -0.4 is 5.32 Å². The van der Waals surface area contributed by atoms with Crippen molar-refractivity contribution in [1.82, 2.24) is 4.31 Å². The molecule has 2 aromatic carbocycles. The van der Waals surface area contributed by atoms with Crippen LogP contribution in [0.2, 0.25) is 0 Å². The van der Waals surface area contributed by atoms with E-state index in [0.29, 0.717) is 24.4 Å². The van der Waals surface area contributed by atoms with Crippen LogP contribution in [0.25, 0.3) is 0 Å². The maximum atomic E-state index is 13.2. The van der Waals surface area contributed by atoms with Crippen LogP contribution in [-0.4, -0.2) is 31.2 Å². The van der Waals surface area contributed by atoms with Crippen molar-refractivity contribution in [1.29, 1.82) is 0 Å². The second-order valence-electron chi connectivity index (χ2n) is 7.35. The topological polar surface area (TPSA) is 66.5 Å². The van der Waals surface area contributed by atoms with E-state index in [1.54, 1.807) is 0 Å². The Hall–Kier alpha value is -2.25. The van der Waals surface area contributed by atoms with Gasteiger partial charge in [0.25, 0.3) is 0 Å². The van der Waals surface area contributed by atoms with Gasteiger partial charge in [-0.1, -0.05) is 32.4 Å². The van der Waals surface area contributed by atoms with Crippen molar-refractivity contribution in [3.8, 4) is 0 Å². The Morgan fingerprint density at radius 1 is 1.07 bits per heavy atom. The standard InChI is InChI=1S/C21H25FN2O3S/c1-15(2)16-6-10-18(11-7-16)23-21(25)20-5-3-4-14-24(20)28(26,27)19-12-8-17(22)9-13-19/h6-13,15,20H,3-5,14H2,1-2H3,(H,23,25)/t20-/m0/s1. The third-order valence-electron chi connectivity index (χ3n) is 5.02. The van der Waals surface area contributed by atoms with E-state index in [4.69, 9.17) is 0 Å². The first-order valence-electron chi connectivity index (χ1n) is 9.47. The number of carbonyl (C=O) groups excluding carboxylic acids is 1. The predicted molar refractivity (Wildman–Crippen MR) is 107 cm³/mol. The molecular weight excluding hydrogens is 379 g/mol. The maximum Gasteiger partial charge on any atom is 0.243 e. The summed E-state index contributed by atoms with van der Waals surface area (Å²) in [7, 11) is -3.88. The monoisotopic (exact) mass is 404 g/mol. The molecule has 0 bridgehead atoms. The molecular formula is C21H25FN2O3S. The highest BCUT2D eigenvalue weighted by Gasteiger charge is 2.37. The van der Waals surface area contributed by atoms with Gasteiger partial charge in [0.2, 0.25) is 15.9 Å². The summed E-state index contributed by atoms with van der Waals surface area (Å²) in [4.78, 5) is 12.8. The second-order valence-corrected chi connectivity index (χ2v) is 9.24. The van der Waals surface area contributed by atoms with Gasteiger partial charge in [-0.15, -0.1) is 0 Å². The minimum Gasteiger partial charge on any atom is -0.325 e. The Balaban J connectivity index is 1.80. The van der Waals surface area contributed by atoms with E-state index in [1.807, 2.05) is 24.3 Å². The first-order valence-corrected chi connectivity index (χ1v) is 10.9. The fourth-order valence-electron chi connectivity index (χ4n) is 3.37. The SMILES string of the molecule is CC(C)c1ccc(NC(=O)[C@@H]2CCCCN2S(=O)(=O)c2ccc(F)cc2)cc1. The average molecular weight is 405 g/mol. The van der Waals surface area contributed by atoms with E-state index >= 15 is 0 Å². The Morgan fingerprint density at radius 2 is 1.71 bits per heavy atom. The van der Waals surface area contributed by atoms with Crippen LogP contribution in [-0.2, 0) is 14.8 Å². The Labute approximate surface area is 165 Å². The molecule has 1 N–H and O–H groups in total. The van der Waals surface area contributed by atoms with Crippen molar-refractivity contribution in [2.24, 2.45) is 0 Å². The number of halogens is 1. The predicted octanol–water partition coefficient (Wildman–Crippen LogP) is 4.13. The molecule has 5 nitrogen and oxygen atoms in total. The van der Waals surface area contributed by atoms with Crippen molar-refractivity contribution >= 4 is 21.6 Å². The van der Waals surface area contributed by atoms with E-state index in [9.17, 15) is 17.6 Å². The molecule has 1 amide bonds.